The molecule has 1 atom stereocenters. The van der Waals surface area contributed by atoms with Gasteiger partial charge in [0.25, 0.3) is 5.91 Å². The van der Waals surface area contributed by atoms with Crippen molar-refractivity contribution < 1.29 is 22.4 Å². The Labute approximate surface area is 124 Å². The van der Waals surface area contributed by atoms with Crippen molar-refractivity contribution in [1.82, 2.24) is 5.32 Å². The molecule has 0 heterocycles. The van der Waals surface area contributed by atoms with E-state index >= 15 is 0 Å². The van der Waals surface area contributed by atoms with E-state index < -0.39 is 29.5 Å². The van der Waals surface area contributed by atoms with E-state index in [2.05, 4.69) is 5.32 Å². The Kier molecular flexibility index (Phi) is 4.49. The molecule has 1 amide bonds. The van der Waals surface area contributed by atoms with Gasteiger partial charge in [0.15, 0.2) is 0 Å². The third-order valence-corrected chi connectivity index (χ3v) is 3.20. The summed E-state index contributed by atoms with van der Waals surface area (Å²) in [6, 6.07) is 9.41. The third-order valence-electron chi connectivity index (χ3n) is 3.20. The zero-order valence-electron chi connectivity index (χ0n) is 11.6. The van der Waals surface area contributed by atoms with Gasteiger partial charge in [-0.25, -0.2) is 4.39 Å². The number of rotatable bonds is 3. The molecule has 1 N–H and O–H groups in total. The molecule has 2 nitrogen and oxygen atoms in total. The number of benzene rings is 2. The average molecular weight is 311 g/mol. The van der Waals surface area contributed by atoms with E-state index in [4.69, 9.17) is 0 Å². The van der Waals surface area contributed by atoms with Crippen LogP contribution in [-0.2, 0) is 6.18 Å². The van der Waals surface area contributed by atoms with Crippen molar-refractivity contribution in [2.75, 3.05) is 0 Å². The molecule has 6 heteroatoms. The maximum absolute atomic E-state index is 13.5. The number of hydrogen-bond donors (Lipinski definition) is 1. The van der Waals surface area contributed by atoms with Crippen molar-refractivity contribution in [2.24, 2.45) is 0 Å². The summed E-state index contributed by atoms with van der Waals surface area (Å²) >= 11 is 0. The van der Waals surface area contributed by atoms with Crippen LogP contribution in [-0.4, -0.2) is 5.91 Å². The SMILES string of the molecule is CC(NC(=O)c1ccccc1F)c1ccc(C(F)(F)F)cc1. The zero-order chi connectivity index (χ0) is 16.3. The van der Waals surface area contributed by atoms with Crippen LogP contribution in [0.15, 0.2) is 48.5 Å². The van der Waals surface area contributed by atoms with Gasteiger partial charge in [0.2, 0.25) is 0 Å². The quantitative estimate of drug-likeness (QED) is 0.840. The molecule has 116 valence electrons. The first kappa shape index (κ1) is 16.0. The Morgan fingerprint density at radius 2 is 1.64 bits per heavy atom. The molecule has 0 aliphatic heterocycles. The lowest BCUT2D eigenvalue weighted by atomic mass is 10.1. The van der Waals surface area contributed by atoms with E-state index in [0.29, 0.717) is 5.56 Å². The number of halogens is 4. The summed E-state index contributed by atoms with van der Waals surface area (Å²) in [5.74, 6) is -1.27. The van der Waals surface area contributed by atoms with Gasteiger partial charge in [0.05, 0.1) is 17.2 Å². The van der Waals surface area contributed by atoms with Crippen molar-refractivity contribution in [3.05, 3.63) is 71.0 Å². The molecular formula is C16H13F4NO. The van der Waals surface area contributed by atoms with Crippen LogP contribution < -0.4 is 5.32 Å². The predicted molar refractivity (Wildman–Crippen MR) is 73.7 cm³/mol. The fourth-order valence-electron chi connectivity index (χ4n) is 1.96. The molecule has 0 aliphatic carbocycles. The van der Waals surface area contributed by atoms with Gasteiger partial charge in [0, 0.05) is 0 Å². The van der Waals surface area contributed by atoms with E-state index in [1.165, 1.54) is 30.3 Å². The highest BCUT2D eigenvalue weighted by molar-refractivity contribution is 5.94. The van der Waals surface area contributed by atoms with Crippen LogP contribution in [0.1, 0.15) is 34.5 Å². The van der Waals surface area contributed by atoms with Gasteiger partial charge in [0.1, 0.15) is 5.82 Å². The molecule has 2 aromatic rings. The number of carbonyl (C=O) groups excluding carboxylic acids is 1. The fraction of sp³-hybridized carbons (Fsp3) is 0.188. The minimum atomic E-state index is -4.40. The summed E-state index contributed by atoms with van der Waals surface area (Å²) in [6.45, 7) is 1.61. The molecule has 0 aliphatic rings. The standard InChI is InChI=1S/C16H13F4NO/c1-10(11-6-8-12(9-7-11)16(18,19)20)21-15(22)13-4-2-3-5-14(13)17/h2-10H,1H3,(H,21,22). The second-order valence-corrected chi connectivity index (χ2v) is 4.79. The van der Waals surface area contributed by atoms with Gasteiger partial charge in [-0.2, -0.15) is 13.2 Å². The van der Waals surface area contributed by atoms with Gasteiger partial charge >= 0.3 is 6.18 Å². The van der Waals surface area contributed by atoms with Gasteiger partial charge in [-0.1, -0.05) is 24.3 Å². The highest BCUT2D eigenvalue weighted by Gasteiger charge is 2.30. The molecule has 0 fully saturated rings. The highest BCUT2D eigenvalue weighted by atomic mass is 19.4. The number of alkyl halides is 3. The van der Waals surface area contributed by atoms with Crippen molar-refractivity contribution in [3.8, 4) is 0 Å². The summed E-state index contributed by atoms with van der Waals surface area (Å²) in [7, 11) is 0. The number of hydrogen-bond acceptors (Lipinski definition) is 1. The Morgan fingerprint density at radius 3 is 2.18 bits per heavy atom. The minimum absolute atomic E-state index is 0.110. The lowest BCUT2D eigenvalue weighted by Crippen LogP contribution is -2.27. The van der Waals surface area contributed by atoms with Crippen molar-refractivity contribution in [2.45, 2.75) is 19.1 Å². The number of carbonyl (C=O) groups is 1. The van der Waals surface area contributed by atoms with Crippen molar-refractivity contribution >= 4 is 5.91 Å². The first-order valence-electron chi connectivity index (χ1n) is 6.51. The fourth-order valence-corrected chi connectivity index (χ4v) is 1.96. The largest absolute Gasteiger partial charge is 0.416 e. The summed E-state index contributed by atoms with van der Waals surface area (Å²) in [5.41, 5.74) is -0.372. The van der Waals surface area contributed by atoms with Gasteiger partial charge < -0.3 is 5.32 Å². The van der Waals surface area contributed by atoms with Crippen LogP contribution in [0.4, 0.5) is 17.6 Å². The molecule has 0 radical (unpaired) electrons. The van der Waals surface area contributed by atoms with Crippen LogP contribution in [0.2, 0.25) is 0 Å². The molecule has 2 rings (SSSR count). The summed E-state index contributed by atoms with van der Waals surface area (Å²) in [5, 5.41) is 2.55. The maximum atomic E-state index is 13.5. The van der Waals surface area contributed by atoms with E-state index in [1.54, 1.807) is 6.92 Å². The molecule has 0 bridgehead atoms. The molecule has 1 unspecified atom stereocenters. The maximum Gasteiger partial charge on any atom is 0.416 e. The third kappa shape index (κ3) is 3.63. The summed E-state index contributed by atoms with van der Waals surface area (Å²) in [6.07, 6.45) is -4.40. The minimum Gasteiger partial charge on any atom is -0.345 e. The van der Waals surface area contributed by atoms with Crippen LogP contribution >= 0.6 is 0 Å². The van der Waals surface area contributed by atoms with E-state index in [9.17, 15) is 22.4 Å². The van der Waals surface area contributed by atoms with Crippen molar-refractivity contribution in [3.63, 3.8) is 0 Å². The Balaban J connectivity index is 2.11. The molecule has 2 aromatic carbocycles. The number of amides is 1. The second kappa shape index (κ2) is 6.17. The molecule has 0 saturated heterocycles. The molecule has 0 spiro atoms. The van der Waals surface area contributed by atoms with Gasteiger partial charge in [-0.3, -0.25) is 4.79 Å². The summed E-state index contributed by atoms with van der Waals surface area (Å²) < 4.78 is 50.9. The average Bonchev–Trinajstić information content (AvgIpc) is 2.46. The monoisotopic (exact) mass is 311 g/mol. The van der Waals surface area contributed by atoms with Crippen LogP contribution in [0.5, 0.6) is 0 Å². The topological polar surface area (TPSA) is 29.1 Å². The lowest BCUT2D eigenvalue weighted by molar-refractivity contribution is -0.137. The summed E-state index contributed by atoms with van der Waals surface area (Å²) in [4.78, 5) is 11.9. The first-order chi connectivity index (χ1) is 10.3. The second-order valence-electron chi connectivity index (χ2n) is 4.79. The molecule has 22 heavy (non-hydrogen) atoms. The van der Waals surface area contributed by atoms with E-state index in [0.717, 1.165) is 18.2 Å². The van der Waals surface area contributed by atoms with Crippen LogP contribution in [0.25, 0.3) is 0 Å². The normalized spacial score (nSPS) is 12.8. The molecular weight excluding hydrogens is 298 g/mol. The van der Waals surface area contributed by atoms with Gasteiger partial charge in [-0.05, 0) is 36.8 Å². The first-order valence-corrected chi connectivity index (χ1v) is 6.51. The van der Waals surface area contributed by atoms with Crippen LogP contribution in [0.3, 0.4) is 0 Å². The number of nitrogens with one attached hydrogen (secondary N) is 1. The predicted octanol–water partition coefficient (Wildman–Crippen LogP) is 4.34. The molecule has 0 saturated carbocycles. The van der Waals surface area contributed by atoms with Gasteiger partial charge in [-0.15, -0.1) is 0 Å². The Morgan fingerprint density at radius 1 is 1.05 bits per heavy atom. The van der Waals surface area contributed by atoms with E-state index in [1.807, 2.05) is 0 Å². The van der Waals surface area contributed by atoms with Crippen molar-refractivity contribution in [1.29, 1.82) is 0 Å². The smallest absolute Gasteiger partial charge is 0.345 e. The molecule has 0 aromatic heterocycles. The zero-order valence-corrected chi connectivity index (χ0v) is 11.6. The van der Waals surface area contributed by atoms with Crippen LogP contribution in [0, 0.1) is 5.82 Å². The Bertz CT molecular complexity index is 665. The Hall–Kier alpha value is -2.37. The van der Waals surface area contributed by atoms with E-state index in [-0.39, 0.29) is 5.56 Å². The lowest BCUT2D eigenvalue weighted by Gasteiger charge is -2.15. The highest BCUT2D eigenvalue weighted by Crippen LogP contribution is 2.29.